The summed E-state index contributed by atoms with van der Waals surface area (Å²) in [5.74, 6) is -0.150. The molecule has 4 nitrogen and oxygen atoms in total. The van der Waals surface area contributed by atoms with Gasteiger partial charge in [-0.25, -0.2) is 9.97 Å². The Bertz CT molecular complexity index is 813. The van der Waals surface area contributed by atoms with Crippen molar-refractivity contribution in [1.29, 1.82) is 0 Å². The van der Waals surface area contributed by atoms with E-state index in [1.54, 1.807) is 12.1 Å². The van der Waals surface area contributed by atoms with Crippen molar-refractivity contribution < 1.29 is 4.79 Å². The van der Waals surface area contributed by atoms with Gasteiger partial charge in [0.1, 0.15) is 0 Å². The topological polar surface area (TPSA) is 54.9 Å². The molecule has 0 saturated heterocycles. The number of benzene rings is 2. The first-order valence-electron chi connectivity index (χ1n) is 6.75. The number of aryl methyl sites for hydroxylation is 2. The molecule has 0 atom stereocenters. The highest BCUT2D eigenvalue weighted by Gasteiger charge is 2.09. The van der Waals surface area contributed by atoms with Gasteiger partial charge in [0.05, 0.1) is 22.4 Å². The van der Waals surface area contributed by atoms with E-state index in [-0.39, 0.29) is 5.91 Å². The molecule has 0 saturated carbocycles. The maximum Gasteiger partial charge on any atom is 0.255 e. The Morgan fingerprint density at radius 1 is 0.905 bits per heavy atom. The van der Waals surface area contributed by atoms with Crippen LogP contribution >= 0.6 is 0 Å². The Morgan fingerprint density at radius 3 is 2.29 bits per heavy atom. The minimum atomic E-state index is -0.150. The summed E-state index contributed by atoms with van der Waals surface area (Å²) in [5.41, 5.74) is 4.66. The lowest BCUT2D eigenvalue weighted by molar-refractivity contribution is 0.102. The summed E-state index contributed by atoms with van der Waals surface area (Å²) in [7, 11) is 0. The van der Waals surface area contributed by atoms with Crippen LogP contribution in [0.15, 0.2) is 48.5 Å². The Labute approximate surface area is 122 Å². The van der Waals surface area contributed by atoms with Gasteiger partial charge in [0.2, 0.25) is 0 Å². The molecule has 1 aromatic heterocycles. The van der Waals surface area contributed by atoms with E-state index >= 15 is 0 Å². The molecule has 3 aromatic rings. The molecule has 1 N–H and O–H groups in total. The third kappa shape index (κ3) is 2.74. The van der Waals surface area contributed by atoms with Crippen molar-refractivity contribution in [3.63, 3.8) is 0 Å². The van der Waals surface area contributed by atoms with Crippen molar-refractivity contribution in [3.05, 3.63) is 65.5 Å². The van der Waals surface area contributed by atoms with Crippen LogP contribution in [0, 0.1) is 13.8 Å². The van der Waals surface area contributed by atoms with E-state index in [0.29, 0.717) is 5.56 Å². The monoisotopic (exact) mass is 277 g/mol. The fourth-order valence-corrected chi connectivity index (χ4v) is 2.10. The van der Waals surface area contributed by atoms with Crippen LogP contribution in [-0.2, 0) is 0 Å². The van der Waals surface area contributed by atoms with Crippen molar-refractivity contribution in [2.75, 3.05) is 5.32 Å². The summed E-state index contributed by atoms with van der Waals surface area (Å²) < 4.78 is 0. The highest BCUT2D eigenvalue weighted by atomic mass is 16.1. The van der Waals surface area contributed by atoms with Crippen molar-refractivity contribution in [2.45, 2.75) is 13.8 Å². The summed E-state index contributed by atoms with van der Waals surface area (Å²) >= 11 is 0. The number of carbonyl (C=O) groups is 1. The average Bonchev–Trinajstić information content (AvgIpc) is 2.49. The van der Waals surface area contributed by atoms with Crippen molar-refractivity contribution in [3.8, 4) is 0 Å². The molecule has 3 rings (SSSR count). The summed E-state index contributed by atoms with van der Waals surface area (Å²) in [6.45, 7) is 3.84. The van der Waals surface area contributed by atoms with Gasteiger partial charge in [-0.1, -0.05) is 18.2 Å². The molecule has 0 aliphatic heterocycles. The van der Waals surface area contributed by atoms with Gasteiger partial charge in [0, 0.05) is 11.3 Å². The first-order chi connectivity index (χ1) is 10.1. The summed E-state index contributed by atoms with van der Waals surface area (Å²) in [6.07, 6.45) is 0. The largest absolute Gasteiger partial charge is 0.322 e. The first kappa shape index (κ1) is 13.2. The van der Waals surface area contributed by atoms with Gasteiger partial charge in [-0.05, 0) is 44.2 Å². The average molecular weight is 277 g/mol. The summed E-state index contributed by atoms with van der Waals surface area (Å²) in [5, 5.41) is 2.86. The molecule has 0 bridgehead atoms. The van der Waals surface area contributed by atoms with Crippen LogP contribution in [-0.4, -0.2) is 15.9 Å². The van der Waals surface area contributed by atoms with Crippen LogP contribution < -0.4 is 5.32 Å². The Hall–Kier alpha value is -2.75. The van der Waals surface area contributed by atoms with Crippen LogP contribution in [0.5, 0.6) is 0 Å². The standard InChI is InChI=1S/C17H15N3O/c1-11-12(2)19-16-10-13(8-9-15(16)18-11)17(21)20-14-6-4-3-5-7-14/h3-10H,1-2H3,(H,20,21). The first-order valence-corrected chi connectivity index (χ1v) is 6.75. The van der Waals surface area contributed by atoms with Gasteiger partial charge in [-0.15, -0.1) is 0 Å². The third-order valence-electron chi connectivity index (χ3n) is 3.37. The molecule has 1 heterocycles. The normalized spacial score (nSPS) is 10.6. The van der Waals surface area contributed by atoms with E-state index < -0.39 is 0 Å². The Balaban J connectivity index is 1.93. The molecule has 0 aliphatic rings. The van der Waals surface area contributed by atoms with Gasteiger partial charge < -0.3 is 5.32 Å². The number of rotatable bonds is 2. The number of carbonyl (C=O) groups excluding carboxylic acids is 1. The van der Waals surface area contributed by atoms with Crippen molar-refractivity contribution in [1.82, 2.24) is 9.97 Å². The predicted molar refractivity (Wildman–Crippen MR) is 83.4 cm³/mol. The van der Waals surface area contributed by atoms with Crippen LogP contribution in [0.1, 0.15) is 21.7 Å². The second-order valence-corrected chi connectivity index (χ2v) is 4.92. The van der Waals surface area contributed by atoms with Crippen LogP contribution in [0.2, 0.25) is 0 Å². The maximum absolute atomic E-state index is 12.3. The van der Waals surface area contributed by atoms with Gasteiger partial charge in [0.15, 0.2) is 0 Å². The van der Waals surface area contributed by atoms with Gasteiger partial charge >= 0.3 is 0 Å². The minimum Gasteiger partial charge on any atom is -0.322 e. The van der Waals surface area contributed by atoms with Crippen molar-refractivity contribution >= 4 is 22.6 Å². The molecule has 1 amide bonds. The number of hydrogen-bond acceptors (Lipinski definition) is 3. The molecule has 0 unspecified atom stereocenters. The lowest BCUT2D eigenvalue weighted by atomic mass is 10.1. The molecular formula is C17H15N3O. The number of amides is 1. The quantitative estimate of drug-likeness (QED) is 0.780. The Kier molecular flexibility index (Phi) is 3.36. The lowest BCUT2D eigenvalue weighted by Gasteiger charge is -2.07. The maximum atomic E-state index is 12.3. The number of anilines is 1. The zero-order chi connectivity index (χ0) is 14.8. The fraction of sp³-hybridized carbons (Fsp3) is 0.118. The second kappa shape index (κ2) is 5.32. The SMILES string of the molecule is Cc1nc2ccc(C(=O)Nc3ccccc3)cc2nc1C. The van der Waals surface area contributed by atoms with E-state index in [9.17, 15) is 4.79 Å². The number of hydrogen-bond donors (Lipinski definition) is 1. The predicted octanol–water partition coefficient (Wildman–Crippen LogP) is 3.50. The Morgan fingerprint density at radius 2 is 1.57 bits per heavy atom. The van der Waals surface area contributed by atoms with E-state index in [0.717, 1.165) is 28.1 Å². The molecule has 2 aromatic carbocycles. The molecule has 0 aliphatic carbocycles. The molecule has 4 heteroatoms. The molecule has 0 fully saturated rings. The van der Waals surface area contributed by atoms with E-state index in [1.165, 1.54) is 0 Å². The van der Waals surface area contributed by atoms with Gasteiger partial charge in [0.25, 0.3) is 5.91 Å². The van der Waals surface area contributed by atoms with Gasteiger partial charge in [-0.3, -0.25) is 4.79 Å². The molecule has 104 valence electrons. The second-order valence-electron chi connectivity index (χ2n) is 4.92. The number of nitrogens with zero attached hydrogens (tertiary/aromatic N) is 2. The third-order valence-corrected chi connectivity index (χ3v) is 3.37. The molecule has 0 spiro atoms. The van der Waals surface area contributed by atoms with Crippen LogP contribution in [0.4, 0.5) is 5.69 Å². The van der Waals surface area contributed by atoms with E-state index in [2.05, 4.69) is 15.3 Å². The highest BCUT2D eigenvalue weighted by Crippen LogP contribution is 2.16. The molecule has 0 radical (unpaired) electrons. The van der Waals surface area contributed by atoms with E-state index in [1.807, 2.05) is 50.2 Å². The lowest BCUT2D eigenvalue weighted by Crippen LogP contribution is -2.11. The van der Waals surface area contributed by atoms with Crippen LogP contribution in [0.25, 0.3) is 11.0 Å². The summed E-state index contributed by atoms with van der Waals surface area (Å²) in [4.78, 5) is 21.2. The van der Waals surface area contributed by atoms with E-state index in [4.69, 9.17) is 0 Å². The minimum absolute atomic E-state index is 0.150. The molecular weight excluding hydrogens is 262 g/mol. The molecule has 21 heavy (non-hydrogen) atoms. The van der Waals surface area contributed by atoms with Crippen LogP contribution in [0.3, 0.4) is 0 Å². The smallest absolute Gasteiger partial charge is 0.255 e. The zero-order valence-corrected chi connectivity index (χ0v) is 11.9. The summed E-state index contributed by atoms with van der Waals surface area (Å²) in [6, 6.07) is 14.7. The number of para-hydroxylation sites is 1. The van der Waals surface area contributed by atoms with Crippen molar-refractivity contribution in [2.24, 2.45) is 0 Å². The number of aromatic nitrogens is 2. The highest BCUT2D eigenvalue weighted by molar-refractivity contribution is 6.05. The van der Waals surface area contributed by atoms with Gasteiger partial charge in [-0.2, -0.15) is 0 Å². The fourth-order valence-electron chi connectivity index (χ4n) is 2.10. The number of nitrogens with one attached hydrogen (secondary N) is 1. The number of fused-ring (bicyclic) bond motifs is 1. The zero-order valence-electron chi connectivity index (χ0n) is 11.9.